The van der Waals surface area contributed by atoms with E-state index >= 15 is 0 Å². The molecule has 2 atom stereocenters. The predicted molar refractivity (Wildman–Crippen MR) is 87.2 cm³/mol. The van der Waals surface area contributed by atoms with Gasteiger partial charge < -0.3 is 14.7 Å². The summed E-state index contributed by atoms with van der Waals surface area (Å²) in [5.41, 5.74) is 1.11. The van der Waals surface area contributed by atoms with Crippen molar-refractivity contribution in [2.75, 3.05) is 7.05 Å². The van der Waals surface area contributed by atoms with Crippen LogP contribution in [-0.2, 0) is 11.8 Å². The first-order chi connectivity index (χ1) is 9.51. The highest BCUT2D eigenvalue weighted by Gasteiger charge is 2.21. The van der Waals surface area contributed by atoms with Crippen molar-refractivity contribution in [1.29, 1.82) is 0 Å². The van der Waals surface area contributed by atoms with Crippen molar-refractivity contribution in [3.63, 3.8) is 0 Å². The fourth-order valence-corrected chi connectivity index (χ4v) is 2.09. The molecule has 0 aliphatic carbocycles. The summed E-state index contributed by atoms with van der Waals surface area (Å²) in [7, 11) is 4.10. The second-order valence-corrected chi connectivity index (χ2v) is 4.56. The van der Waals surface area contributed by atoms with Crippen molar-refractivity contribution < 1.29 is 4.79 Å². The Labute approximate surface area is 125 Å². The number of aldehydes is 1. The number of aryl methyl sites for hydroxylation is 2. The van der Waals surface area contributed by atoms with Gasteiger partial charge in [-0.1, -0.05) is 27.2 Å². The van der Waals surface area contributed by atoms with Crippen molar-refractivity contribution in [3.8, 4) is 0 Å². The predicted octanol–water partition coefficient (Wildman–Crippen LogP) is 3.45. The summed E-state index contributed by atoms with van der Waals surface area (Å²) in [5, 5.41) is 3.33. The number of nitrogens with zero attached hydrogens (tertiary/aromatic N) is 2. The molecule has 2 unspecified atom stereocenters. The zero-order valence-electron chi connectivity index (χ0n) is 14.5. The van der Waals surface area contributed by atoms with E-state index in [1.807, 2.05) is 20.9 Å². The van der Waals surface area contributed by atoms with Crippen LogP contribution < -0.4 is 5.32 Å². The Morgan fingerprint density at radius 1 is 1.45 bits per heavy atom. The van der Waals surface area contributed by atoms with Gasteiger partial charge in [-0.2, -0.15) is 0 Å². The molecule has 1 aromatic rings. The second-order valence-electron chi connectivity index (χ2n) is 4.56. The molecule has 4 nitrogen and oxygen atoms in total. The van der Waals surface area contributed by atoms with E-state index in [2.05, 4.69) is 48.9 Å². The SMILES string of the molecule is CC.CC=O.CCCC(c1nc(C)cn1C)C(C)NC. The minimum atomic E-state index is 0.477. The van der Waals surface area contributed by atoms with Crippen LogP contribution in [0.4, 0.5) is 0 Å². The highest BCUT2D eigenvalue weighted by molar-refractivity contribution is 5.44. The van der Waals surface area contributed by atoms with Gasteiger partial charge in [0.25, 0.3) is 0 Å². The summed E-state index contributed by atoms with van der Waals surface area (Å²) < 4.78 is 2.16. The molecule has 0 saturated carbocycles. The van der Waals surface area contributed by atoms with Crippen LogP contribution in [0.25, 0.3) is 0 Å². The number of hydrogen-bond acceptors (Lipinski definition) is 3. The maximum atomic E-state index is 8.81. The van der Waals surface area contributed by atoms with Crippen LogP contribution in [0, 0.1) is 6.92 Å². The number of likely N-dealkylation sites (N-methyl/N-ethyl adjacent to an activating group) is 1. The van der Waals surface area contributed by atoms with Crippen LogP contribution in [0.2, 0.25) is 0 Å². The molecule has 118 valence electrons. The lowest BCUT2D eigenvalue weighted by molar-refractivity contribution is -0.106. The third kappa shape index (κ3) is 7.43. The minimum absolute atomic E-state index is 0.477. The summed E-state index contributed by atoms with van der Waals surface area (Å²) in [6, 6.07) is 0.477. The Bertz CT molecular complexity index is 347. The number of imidazole rings is 1. The normalized spacial score (nSPS) is 12.4. The Hall–Kier alpha value is -1.16. The second kappa shape index (κ2) is 12.9. The summed E-state index contributed by atoms with van der Waals surface area (Å²) in [4.78, 5) is 13.4. The average molecular weight is 283 g/mol. The zero-order valence-corrected chi connectivity index (χ0v) is 14.5. The van der Waals surface area contributed by atoms with E-state index in [9.17, 15) is 0 Å². The lowest BCUT2D eigenvalue weighted by Gasteiger charge is -2.22. The zero-order chi connectivity index (χ0) is 16.1. The van der Waals surface area contributed by atoms with E-state index in [1.165, 1.54) is 25.6 Å². The van der Waals surface area contributed by atoms with Crippen molar-refractivity contribution in [2.24, 2.45) is 7.05 Å². The first-order valence-corrected chi connectivity index (χ1v) is 7.58. The molecular formula is C16H33N3O. The number of rotatable bonds is 5. The lowest BCUT2D eigenvalue weighted by atomic mass is 9.95. The Balaban J connectivity index is 0. The lowest BCUT2D eigenvalue weighted by Crippen LogP contribution is -2.30. The first kappa shape index (κ1) is 21.1. The first-order valence-electron chi connectivity index (χ1n) is 7.58. The van der Waals surface area contributed by atoms with Gasteiger partial charge in [-0.15, -0.1) is 0 Å². The van der Waals surface area contributed by atoms with E-state index in [4.69, 9.17) is 4.79 Å². The van der Waals surface area contributed by atoms with Gasteiger partial charge in [0.1, 0.15) is 12.1 Å². The van der Waals surface area contributed by atoms with Crippen LogP contribution in [0.5, 0.6) is 0 Å². The maximum absolute atomic E-state index is 8.81. The molecule has 0 aromatic carbocycles. The van der Waals surface area contributed by atoms with Crippen LogP contribution >= 0.6 is 0 Å². The number of carbonyl (C=O) groups is 1. The van der Waals surface area contributed by atoms with Gasteiger partial charge in [0.05, 0.1) is 5.69 Å². The quantitative estimate of drug-likeness (QED) is 0.842. The summed E-state index contributed by atoms with van der Waals surface area (Å²) in [5.74, 6) is 1.72. The molecule has 0 bridgehead atoms. The molecule has 0 amide bonds. The maximum Gasteiger partial charge on any atom is 0.116 e. The van der Waals surface area contributed by atoms with E-state index in [1.54, 1.807) is 0 Å². The number of carbonyl (C=O) groups excluding carboxylic acids is 1. The molecule has 0 spiro atoms. The smallest absolute Gasteiger partial charge is 0.116 e. The Morgan fingerprint density at radius 2 is 1.95 bits per heavy atom. The van der Waals surface area contributed by atoms with Crippen LogP contribution in [0.3, 0.4) is 0 Å². The van der Waals surface area contributed by atoms with Gasteiger partial charge in [0, 0.05) is 25.2 Å². The molecule has 0 aliphatic heterocycles. The third-order valence-corrected chi connectivity index (χ3v) is 3.02. The van der Waals surface area contributed by atoms with E-state index in [-0.39, 0.29) is 0 Å². The molecule has 0 fully saturated rings. The van der Waals surface area contributed by atoms with Gasteiger partial charge in [-0.3, -0.25) is 0 Å². The van der Waals surface area contributed by atoms with Gasteiger partial charge in [0.15, 0.2) is 0 Å². The van der Waals surface area contributed by atoms with Gasteiger partial charge in [0.2, 0.25) is 0 Å². The summed E-state index contributed by atoms with van der Waals surface area (Å²) in [6.45, 7) is 12.0. The molecule has 0 aliphatic rings. The monoisotopic (exact) mass is 283 g/mol. The molecule has 1 N–H and O–H groups in total. The van der Waals surface area contributed by atoms with Gasteiger partial charge in [-0.25, -0.2) is 4.98 Å². The standard InChI is InChI=1S/C12H23N3.C2H4O.C2H6/c1-6-7-11(10(3)13-4)12-14-9(2)8-15(12)5;1-2-3;1-2/h8,10-11,13H,6-7H2,1-5H3;2H,1H3;1-2H3. The van der Waals surface area contributed by atoms with Gasteiger partial charge >= 0.3 is 0 Å². The Kier molecular flexibility index (Phi) is 13.6. The topological polar surface area (TPSA) is 46.9 Å². The molecule has 0 radical (unpaired) electrons. The highest BCUT2D eigenvalue weighted by Crippen LogP contribution is 2.23. The van der Waals surface area contributed by atoms with Crippen LogP contribution in [0.15, 0.2) is 6.20 Å². The molecule has 0 saturated heterocycles. The largest absolute Gasteiger partial charge is 0.337 e. The average Bonchev–Trinajstić information content (AvgIpc) is 2.77. The number of hydrogen-bond donors (Lipinski definition) is 1. The van der Waals surface area contributed by atoms with Crippen LogP contribution in [-0.4, -0.2) is 28.9 Å². The fourth-order valence-electron chi connectivity index (χ4n) is 2.09. The summed E-state index contributed by atoms with van der Waals surface area (Å²) in [6.07, 6.45) is 5.23. The number of aromatic nitrogens is 2. The Morgan fingerprint density at radius 3 is 2.25 bits per heavy atom. The molecule has 20 heavy (non-hydrogen) atoms. The molecule has 1 aromatic heterocycles. The summed E-state index contributed by atoms with van der Waals surface area (Å²) >= 11 is 0. The highest BCUT2D eigenvalue weighted by atomic mass is 16.1. The molecule has 4 heteroatoms. The van der Waals surface area contributed by atoms with Crippen molar-refractivity contribution in [3.05, 3.63) is 17.7 Å². The molecule has 1 rings (SSSR count). The van der Waals surface area contributed by atoms with Gasteiger partial charge in [-0.05, 0) is 34.2 Å². The fraction of sp³-hybridized carbons (Fsp3) is 0.750. The van der Waals surface area contributed by atoms with Crippen molar-refractivity contribution in [1.82, 2.24) is 14.9 Å². The van der Waals surface area contributed by atoms with E-state index < -0.39 is 0 Å². The van der Waals surface area contributed by atoms with E-state index in [0.717, 1.165) is 12.0 Å². The number of nitrogens with one attached hydrogen (secondary N) is 1. The molecule has 1 heterocycles. The van der Waals surface area contributed by atoms with Crippen LogP contribution in [0.1, 0.15) is 64.9 Å². The van der Waals surface area contributed by atoms with E-state index in [0.29, 0.717) is 12.0 Å². The van der Waals surface area contributed by atoms with Crippen molar-refractivity contribution in [2.45, 2.75) is 66.3 Å². The minimum Gasteiger partial charge on any atom is -0.337 e. The third-order valence-electron chi connectivity index (χ3n) is 3.02. The molecular weight excluding hydrogens is 250 g/mol. The van der Waals surface area contributed by atoms with Crippen molar-refractivity contribution >= 4 is 6.29 Å².